The van der Waals surface area contributed by atoms with Crippen LogP contribution in [0.3, 0.4) is 0 Å². The second-order valence-corrected chi connectivity index (χ2v) is 6.05. The van der Waals surface area contributed by atoms with Crippen molar-refractivity contribution in [1.82, 2.24) is 0 Å². The number of nitrogens with one attached hydrogen (secondary N) is 1. The summed E-state index contributed by atoms with van der Waals surface area (Å²) in [6.07, 6.45) is 0.895. The summed E-state index contributed by atoms with van der Waals surface area (Å²) in [4.78, 5) is 11.9. The van der Waals surface area contributed by atoms with Crippen LogP contribution in [0.2, 0.25) is 0 Å². The van der Waals surface area contributed by atoms with Crippen molar-refractivity contribution in [2.45, 2.75) is 26.3 Å². The summed E-state index contributed by atoms with van der Waals surface area (Å²) >= 11 is 5.62. The van der Waals surface area contributed by atoms with Gasteiger partial charge in [-0.3, -0.25) is 4.79 Å². The number of anilines is 1. The zero-order chi connectivity index (χ0) is 13.0. The number of benzene rings is 1. The van der Waals surface area contributed by atoms with Gasteiger partial charge in [0.1, 0.15) is 0 Å². The van der Waals surface area contributed by atoms with E-state index in [2.05, 4.69) is 43.8 Å². The largest absolute Gasteiger partial charge is 0.325 e. The molecule has 0 spiro atoms. The van der Waals surface area contributed by atoms with Crippen molar-refractivity contribution in [1.29, 1.82) is 0 Å². The van der Waals surface area contributed by atoms with E-state index in [1.54, 1.807) is 0 Å². The molecule has 0 bridgehead atoms. The van der Waals surface area contributed by atoms with Gasteiger partial charge in [0.2, 0.25) is 5.91 Å². The minimum absolute atomic E-state index is 0.127. The van der Waals surface area contributed by atoms with E-state index in [9.17, 15) is 4.79 Å². The quantitative estimate of drug-likeness (QED) is 0.747. The molecule has 0 unspecified atom stereocenters. The fourth-order valence-electron chi connectivity index (χ4n) is 1.31. The topological polar surface area (TPSA) is 55.1 Å². The molecule has 0 radical (unpaired) electrons. The molecule has 0 aliphatic rings. The Morgan fingerprint density at radius 1 is 1.59 bits per heavy atom. The highest BCUT2D eigenvalue weighted by Gasteiger charge is 2.19. The van der Waals surface area contributed by atoms with Crippen LogP contribution in [-0.4, -0.2) is 11.9 Å². The molecule has 0 fully saturated rings. The van der Waals surface area contributed by atoms with E-state index < -0.39 is 6.04 Å². The maximum Gasteiger partial charge on any atom is 0.241 e. The van der Waals surface area contributed by atoms with Crippen molar-refractivity contribution < 1.29 is 4.79 Å². The van der Waals surface area contributed by atoms with Gasteiger partial charge in [0.15, 0.2) is 0 Å². The lowest BCUT2D eigenvalue weighted by Gasteiger charge is -2.17. The minimum Gasteiger partial charge on any atom is -0.325 e. The predicted octanol–water partition coefficient (Wildman–Crippen LogP) is 3.37. The monoisotopic (exact) mass is 410 g/mol. The molecule has 1 rings (SSSR count). The number of hydrogen-bond acceptors (Lipinski definition) is 2. The van der Waals surface area contributed by atoms with Crippen molar-refractivity contribution in [3.63, 3.8) is 0 Å². The third-order valence-corrected chi connectivity index (χ3v) is 5.07. The Balaban J connectivity index is 2.71. The number of carbonyl (C=O) groups excluding carboxylic acids is 1. The van der Waals surface area contributed by atoms with Gasteiger partial charge >= 0.3 is 0 Å². The van der Waals surface area contributed by atoms with E-state index in [4.69, 9.17) is 5.73 Å². The van der Waals surface area contributed by atoms with Gasteiger partial charge < -0.3 is 11.1 Å². The smallest absolute Gasteiger partial charge is 0.241 e. The number of halogens is 2. The van der Waals surface area contributed by atoms with E-state index in [1.165, 1.54) is 0 Å². The van der Waals surface area contributed by atoms with Crippen molar-refractivity contribution >= 4 is 50.1 Å². The first-order valence-electron chi connectivity index (χ1n) is 5.47. The van der Waals surface area contributed by atoms with Crippen LogP contribution in [0, 0.1) is 9.49 Å². The lowest BCUT2D eigenvalue weighted by Crippen LogP contribution is -2.40. The van der Waals surface area contributed by atoms with Gasteiger partial charge in [0.05, 0.1) is 6.04 Å². The Hall–Kier alpha value is -0.140. The van der Waals surface area contributed by atoms with E-state index >= 15 is 0 Å². The maximum absolute atomic E-state index is 11.9. The SMILES string of the molecule is CC[C@H](C)[C@H](N)C(=O)Nc1ccc(Br)c(I)c1. The highest BCUT2D eigenvalue weighted by atomic mass is 127. The molecular formula is C12H16BrIN2O. The number of rotatable bonds is 4. The highest BCUT2D eigenvalue weighted by Crippen LogP contribution is 2.22. The summed E-state index contributed by atoms with van der Waals surface area (Å²) in [7, 11) is 0. The first-order chi connectivity index (χ1) is 7.95. The molecule has 0 aliphatic carbocycles. The molecule has 3 nitrogen and oxygen atoms in total. The average molecular weight is 411 g/mol. The van der Waals surface area contributed by atoms with Gasteiger partial charge in [-0.25, -0.2) is 0 Å². The van der Waals surface area contributed by atoms with Gasteiger partial charge in [-0.15, -0.1) is 0 Å². The molecular weight excluding hydrogens is 395 g/mol. The van der Waals surface area contributed by atoms with Crippen LogP contribution in [0.15, 0.2) is 22.7 Å². The molecule has 17 heavy (non-hydrogen) atoms. The maximum atomic E-state index is 11.9. The second-order valence-electron chi connectivity index (χ2n) is 4.03. The number of amides is 1. The summed E-state index contributed by atoms with van der Waals surface area (Å²) in [6.45, 7) is 4.01. The fraction of sp³-hybridized carbons (Fsp3) is 0.417. The van der Waals surface area contributed by atoms with E-state index in [0.29, 0.717) is 0 Å². The summed E-state index contributed by atoms with van der Waals surface area (Å²) < 4.78 is 2.07. The lowest BCUT2D eigenvalue weighted by atomic mass is 9.99. The van der Waals surface area contributed by atoms with E-state index in [1.807, 2.05) is 32.0 Å². The number of carbonyl (C=O) groups is 1. The zero-order valence-corrected chi connectivity index (χ0v) is 13.6. The first-order valence-corrected chi connectivity index (χ1v) is 7.34. The standard InChI is InChI=1S/C12H16BrIN2O/c1-3-7(2)11(15)12(17)16-8-4-5-9(13)10(14)6-8/h4-7,11H,3,15H2,1-2H3,(H,16,17)/t7-,11-/m0/s1. The molecule has 5 heteroatoms. The van der Waals surface area contributed by atoms with Crippen LogP contribution in [0.25, 0.3) is 0 Å². The van der Waals surface area contributed by atoms with Crippen LogP contribution in [0.5, 0.6) is 0 Å². The zero-order valence-electron chi connectivity index (χ0n) is 9.84. The Morgan fingerprint density at radius 3 is 2.76 bits per heavy atom. The van der Waals surface area contributed by atoms with Crippen LogP contribution in [0.1, 0.15) is 20.3 Å². The summed E-state index contributed by atoms with van der Waals surface area (Å²) in [6, 6.07) is 5.22. The van der Waals surface area contributed by atoms with E-state index in [0.717, 1.165) is 20.2 Å². The third-order valence-electron chi connectivity index (χ3n) is 2.75. The third kappa shape index (κ3) is 4.22. The van der Waals surface area contributed by atoms with Gasteiger partial charge in [-0.05, 0) is 62.6 Å². The molecule has 0 aromatic heterocycles. The molecule has 94 valence electrons. The van der Waals surface area contributed by atoms with Crippen LogP contribution >= 0.6 is 38.5 Å². The Labute approximate surface area is 124 Å². The lowest BCUT2D eigenvalue weighted by molar-refractivity contribution is -0.118. The molecule has 1 aromatic rings. The van der Waals surface area contributed by atoms with Crippen LogP contribution in [-0.2, 0) is 4.79 Å². The van der Waals surface area contributed by atoms with Gasteiger partial charge in [0.25, 0.3) is 0 Å². The Bertz CT molecular complexity index is 411. The van der Waals surface area contributed by atoms with Gasteiger partial charge in [-0.1, -0.05) is 20.3 Å². The van der Waals surface area contributed by atoms with Crippen molar-refractivity contribution in [2.75, 3.05) is 5.32 Å². The predicted molar refractivity (Wildman–Crippen MR) is 82.9 cm³/mol. The van der Waals surface area contributed by atoms with Crippen LogP contribution in [0.4, 0.5) is 5.69 Å². The Morgan fingerprint density at radius 2 is 2.24 bits per heavy atom. The molecule has 0 saturated carbocycles. The first kappa shape index (κ1) is 14.9. The molecule has 0 heterocycles. The normalized spacial score (nSPS) is 14.2. The van der Waals surface area contributed by atoms with Gasteiger partial charge in [-0.2, -0.15) is 0 Å². The van der Waals surface area contributed by atoms with Crippen molar-refractivity contribution in [2.24, 2.45) is 11.7 Å². The van der Waals surface area contributed by atoms with E-state index in [-0.39, 0.29) is 11.8 Å². The Kier molecular flexibility index (Phi) is 5.88. The highest BCUT2D eigenvalue weighted by molar-refractivity contribution is 14.1. The van der Waals surface area contributed by atoms with Gasteiger partial charge in [0, 0.05) is 13.7 Å². The minimum atomic E-state index is -0.457. The van der Waals surface area contributed by atoms with Crippen molar-refractivity contribution in [3.8, 4) is 0 Å². The number of hydrogen-bond donors (Lipinski definition) is 2. The average Bonchev–Trinajstić information content (AvgIpc) is 2.31. The van der Waals surface area contributed by atoms with Crippen molar-refractivity contribution in [3.05, 3.63) is 26.2 Å². The summed E-state index contributed by atoms with van der Waals surface area (Å²) in [5.41, 5.74) is 6.64. The molecule has 3 N–H and O–H groups in total. The molecule has 0 saturated heterocycles. The fourth-order valence-corrected chi connectivity index (χ4v) is 2.07. The summed E-state index contributed by atoms with van der Waals surface area (Å²) in [5, 5.41) is 2.84. The second kappa shape index (κ2) is 6.70. The molecule has 1 aromatic carbocycles. The number of nitrogens with two attached hydrogens (primary N) is 1. The summed E-state index contributed by atoms with van der Waals surface area (Å²) in [5.74, 6) is 0.0574. The molecule has 1 amide bonds. The van der Waals surface area contributed by atoms with Crippen LogP contribution < -0.4 is 11.1 Å². The molecule has 0 aliphatic heterocycles. The molecule has 2 atom stereocenters.